The molecule has 4 amide bonds. The molecule has 2 aliphatic heterocycles. The average Bonchev–Trinajstić information content (AvgIpc) is 3.33. The number of fused-ring (bicyclic) bond motifs is 1. The van der Waals surface area contributed by atoms with Crippen molar-refractivity contribution in [1.29, 1.82) is 0 Å². The Bertz CT molecular complexity index is 838. The van der Waals surface area contributed by atoms with Crippen molar-refractivity contribution >= 4 is 17.8 Å². The zero-order valence-corrected chi connectivity index (χ0v) is 16.9. The molecule has 29 heavy (non-hydrogen) atoms. The summed E-state index contributed by atoms with van der Waals surface area (Å²) in [5, 5.41) is 2.77. The highest BCUT2D eigenvalue weighted by molar-refractivity contribution is 6.09. The molecule has 8 nitrogen and oxygen atoms in total. The fourth-order valence-electron chi connectivity index (χ4n) is 3.90. The maximum Gasteiger partial charge on any atom is 0.325 e. The number of nitrogens with one attached hydrogen (secondary N) is 1. The molecule has 1 saturated heterocycles. The summed E-state index contributed by atoms with van der Waals surface area (Å²) in [5.74, 6) is 1.31. The van der Waals surface area contributed by atoms with Crippen LogP contribution in [0.25, 0.3) is 0 Å². The van der Waals surface area contributed by atoms with Gasteiger partial charge in [0.05, 0.1) is 0 Å². The minimum Gasteiger partial charge on any atom is -0.454 e. The summed E-state index contributed by atoms with van der Waals surface area (Å²) in [6.07, 6.45) is 3.44. The third-order valence-electron chi connectivity index (χ3n) is 5.65. The molecule has 2 heterocycles. The summed E-state index contributed by atoms with van der Waals surface area (Å²) in [4.78, 5) is 41.1. The van der Waals surface area contributed by atoms with Gasteiger partial charge in [0.25, 0.3) is 5.91 Å². The monoisotopic (exact) mass is 401 g/mol. The number of urea groups is 1. The van der Waals surface area contributed by atoms with E-state index >= 15 is 0 Å². The Morgan fingerprint density at radius 2 is 2.03 bits per heavy atom. The first-order valence-electron chi connectivity index (χ1n) is 10.2. The number of imide groups is 1. The molecule has 1 atom stereocenters. The van der Waals surface area contributed by atoms with E-state index in [1.165, 1.54) is 0 Å². The van der Waals surface area contributed by atoms with Crippen LogP contribution >= 0.6 is 0 Å². The zero-order chi connectivity index (χ0) is 20.6. The van der Waals surface area contributed by atoms with Gasteiger partial charge in [0.15, 0.2) is 11.5 Å². The van der Waals surface area contributed by atoms with E-state index in [9.17, 15) is 14.4 Å². The van der Waals surface area contributed by atoms with Crippen LogP contribution in [0.1, 0.15) is 38.7 Å². The number of carbonyl (C=O) groups is 3. The van der Waals surface area contributed by atoms with Crippen molar-refractivity contribution in [2.24, 2.45) is 5.92 Å². The molecule has 4 rings (SSSR count). The maximum atomic E-state index is 13.0. The lowest BCUT2D eigenvalue weighted by molar-refractivity contribution is -0.138. The minimum absolute atomic E-state index is 0.172. The van der Waals surface area contributed by atoms with Crippen molar-refractivity contribution in [2.45, 2.75) is 45.1 Å². The van der Waals surface area contributed by atoms with Gasteiger partial charge in [0.1, 0.15) is 12.1 Å². The van der Waals surface area contributed by atoms with Gasteiger partial charge in [0.2, 0.25) is 12.7 Å². The Morgan fingerprint density at radius 1 is 1.28 bits per heavy atom. The Morgan fingerprint density at radius 3 is 2.76 bits per heavy atom. The van der Waals surface area contributed by atoms with Crippen molar-refractivity contribution in [2.75, 3.05) is 26.4 Å². The predicted molar refractivity (Wildman–Crippen MR) is 105 cm³/mol. The van der Waals surface area contributed by atoms with Gasteiger partial charge in [-0.2, -0.15) is 0 Å². The highest BCUT2D eigenvalue weighted by atomic mass is 16.7. The van der Waals surface area contributed by atoms with E-state index in [0.29, 0.717) is 36.9 Å². The standard InChI is InChI=1S/C21H27N3O5/c1-3-8-23(11-14-4-5-14)18(25)12-24-19(26)21(2,22-20(24)27)10-15-6-7-16-17(9-15)29-13-28-16/h6-7,9,14H,3-5,8,10-13H2,1-2H3,(H,22,27)/t21-/m1/s1. The third kappa shape index (κ3) is 4.02. The van der Waals surface area contributed by atoms with E-state index in [0.717, 1.165) is 29.7 Å². The Balaban J connectivity index is 1.43. The van der Waals surface area contributed by atoms with Crippen LogP contribution in [0.5, 0.6) is 11.5 Å². The molecule has 1 aliphatic carbocycles. The summed E-state index contributed by atoms with van der Waals surface area (Å²) in [7, 11) is 0. The highest BCUT2D eigenvalue weighted by Crippen LogP contribution is 2.34. The molecule has 1 saturated carbocycles. The summed E-state index contributed by atoms with van der Waals surface area (Å²) < 4.78 is 10.7. The van der Waals surface area contributed by atoms with Crippen LogP contribution in [0, 0.1) is 5.92 Å². The molecule has 0 aromatic heterocycles. The van der Waals surface area contributed by atoms with E-state index in [2.05, 4.69) is 5.32 Å². The van der Waals surface area contributed by atoms with E-state index in [1.807, 2.05) is 19.1 Å². The second kappa shape index (κ2) is 7.57. The van der Waals surface area contributed by atoms with Crippen molar-refractivity contribution in [3.05, 3.63) is 23.8 Å². The smallest absolute Gasteiger partial charge is 0.325 e. The molecule has 1 aromatic carbocycles. The Kier molecular flexibility index (Phi) is 5.10. The Labute approximate surface area is 170 Å². The summed E-state index contributed by atoms with van der Waals surface area (Å²) >= 11 is 0. The molecule has 2 fully saturated rings. The second-order valence-corrected chi connectivity index (χ2v) is 8.30. The fraction of sp³-hybridized carbons (Fsp3) is 0.571. The molecule has 8 heteroatoms. The number of nitrogens with zero attached hydrogens (tertiary/aromatic N) is 2. The van der Waals surface area contributed by atoms with Gasteiger partial charge < -0.3 is 19.7 Å². The molecule has 0 bridgehead atoms. The van der Waals surface area contributed by atoms with E-state index in [4.69, 9.17) is 9.47 Å². The van der Waals surface area contributed by atoms with Crippen molar-refractivity contribution < 1.29 is 23.9 Å². The largest absolute Gasteiger partial charge is 0.454 e. The van der Waals surface area contributed by atoms with Gasteiger partial charge in [-0.25, -0.2) is 4.79 Å². The summed E-state index contributed by atoms with van der Waals surface area (Å²) in [6, 6.07) is 4.95. The van der Waals surface area contributed by atoms with E-state index in [1.54, 1.807) is 17.9 Å². The van der Waals surface area contributed by atoms with Crippen molar-refractivity contribution in [1.82, 2.24) is 15.1 Å². The van der Waals surface area contributed by atoms with Crippen LogP contribution in [-0.2, 0) is 16.0 Å². The third-order valence-corrected chi connectivity index (χ3v) is 5.65. The SMILES string of the molecule is CCCN(CC1CC1)C(=O)CN1C(=O)N[C@](C)(Cc2ccc3c(c2)OCO3)C1=O. The van der Waals surface area contributed by atoms with Gasteiger partial charge in [0, 0.05) is 19.5 Å². The first-order valence-corrected chi connectivity index (χ1v) is 10.2. The van der Waals surface area contributed by atoms with Gasteiger partial charge in [-0.15, -0.1) is 0 Å². The van der Waals surface area contributed by atoms with Crippen molar-refractivity contribution in [3.63, 3.8) is 0 Å². The van der Waals surface area contributed by atoms with Crippen LogP contribution in [0.15, 0.2) is 18.2 Å². The first kappa shape index (κ1) is 19.5. The molecule has 1 N–H and O–H groups in total. The lowest BCUT2D eigenvalue weighted by Crippen LogP contribution is -2.47. The molecule has 0 radical (unpaired) electrons. The molecular formula is C21H27N3O5. The number of amides is 4. The molecule has 0 unspecified atom stereocenters. The van der Waals surface area contributed by atoms with E-state index in [-0.39, 0.29) is 25.2 Å². The minimum atomic E-state index is -1.10. The quantitative estimate of drug-likeness (QED) is 0.673. The van der Waals surface area contributed by atoms with Gasteiger partial charge in [-0.05, 0) is 49.8 Å². The van der Waals surface area contributed by atoms with Gasteiger partial charge in [-0.1, -0.05) is 13.0 Å². The number of ether oxygens (including phenoxy) is 2. The number of benzene rings is 1. The van der Waals surface area contributed by atoms with Crippen LogP contribution in [-0.4, -0.2) is 59.6 Å². The topological polar surface area (TPSA) is 88.2 Å². The number of rotatable bonds is 8. The molecular weight excluding hydrogens is 374 g/mol. The van der Waals surface area contributed by atoms with Crippen LogP contribution < -0.4 is 14.8 Å². The summed E-state index contributed by atoms with van der Waals surface area (Å²) in [6.45, 7) is 5.03. The molecule has 1 aromatic rings. The maximum absolute atomic E-state index is 13.0. The first-order chi connectivity index (χ1) is 13.9. The summed E-state index contributed by atoms with van der Waals surface area (Å²) in [5.41, 5.74) is -0.253. The average molecular weight is 401 g/mol. The lowest BCUT2D eigenvalue weighted by atomic mass is 9.92. The van der Waals surface area contributed by atoms with E-state index < -0.39 is 11.6 Å². The van der Waals surface area contributed by atoms with Gasteiger partial charge in [-0.3, -0.25) is 14.5 Å². The van der Waals surface area contributed by atoms with Gasteiger partial charge >= 0.3 is 6.03 Å². The fourth-order valence-corrected chi connectivity index (χ4v) is 3.90. The lowest BCUT2D eigenvalue weighted by Gasteiger charge is -2.25. The second-order valence-electron chi connectivity index (χ2n) is 8.30. The normalized spacial score (nSPS) is 22.8. The molecule has 3 aliphatic rings. The van der Waals surface area contributed by atoms with Crippen LogP contribution in [0.4, 0.5) is 4.79 Å². The molecule has 156 valence electrons. The number of hydrogen-bond acceptors (Lipinski definition) is 5. The van der Waals surface area contributed by atoms with Crippen LogP contribution in [0.2, 0.25) is 0 Å². The highest BCUT2D eigenvalue weighted by Gasteiger charge is 2.48. The number of carbonyl (C=O) groups excluding carboxylic acids is 3. The predicted octanol–water partition coefficient (Wildman–Crippen LogP) is 1.92. The molecule has 0 spiro atoms. The number of hydrogen-bond donors (Lipinski definition) is 1. The van der Waals surface area contributed by atoms with Crippen molar-refractivity contribution in [3.8, 4) is 11.5 Å². The van der Waals surface area contributed by atoms with Crippen LogP contribution in [0.3, 0.4) is 0 Å². The Hall–Kier alpha value is -2.77. The zero-order valence-electron chi connectivity index (χ0n) is 16.9.